The number of nitriles is 1. The molecule has 1 aromatic heterocycles. The van der Waals surface area contributed by atoms with Crippen LogP contribution in [0.15, 0.2) is 52.8 Å². The molecule has 0 aliphatic carbocycles. The van der Waals surface area contributed by atoms with Crippen molar-refractivity contribution >= 4 is 34.8 Å². The Morgan fingerprint density at radius 2 is 2.18 bits per heavy atom. The van der Waals surface area contributed by atoms with Gasteiger partial charge in [0.1, 0.15) is 17.4 Å². The van der Waals surface area contributed by atoms with E-state index in [-0.39, 0.29) is 5.57 Å². The lowest BCUT2D eigenvalue weighted by molar-refractivity contribution is -0.112. The highest BCUT2D eigenvalue weighted by atomic mass is 35.5. The second-order valence-corrected chi connectivity index (χ2v) is 5.05. The van der Waals surface area contributed by atoms with E-state index >= 15 is 0 Å². The fourth-order valence-electron chi connectivity index (χ4n) is 1.60. The van der Waals surface area contributed by atoms with Gasteiger partial charge in [-0.05, 0) is 30.3 Å². The molecule has 1 heterocycles. The van der Waals surface area contributed by atoms with Crippen molar-refractivity contribution in [2.75, 3.05) is 5.32 Å². The predicted molar refractivity (Wildman–Crippen MR) is 84.3 cm³/mol. The van der Waals surface area contributed by atoms with Crippen LogP contribution in [-0.4, -0.2) is 5.91 Å². The molecule has 0 unspecified atom stereocenters. The maximum Gasteiger partial charge on any atom is 0.267 e. The molecule has 5 nitrogen and oxygen atoms in total. The summed E-state index contributed by atoms with van der Waals surface area (Å²) in [5.74, 6) is 0.102. The fraction of sp³-hybridized carbons (Fsp3) is 0.0667. The molecule has 0 fully saturated rings. The van der Waals surface area contributed by atoms with Crippen molar-refractivity contribution < 1.29 is 9.21 Å². The van der Waals surface area contributed by atoms with Gasteiger partial charge in [-0.15, -0.1) is 0 Å². The van der Waals surface area contributed by atoms with Crippen LogP contribution >= 0.6 is 23.2 Å². The summed E-state index contributed by atoms with van der Waals surface area (Å²) in [7, 11) is 0. The number of carbonyl (C=O) groups is 1. The molecular weight excluding hydrogens is 325 g/mol. The lowest BCUT2D eigenvalue weighted by Gasteiger charge is -2.07. The van der Waals surface area contributed by atoms with Gasteiger partial charge in [0, 0.05) is 11.2 Å². The number of furan rings is 1. The van der Waals surface area contributed by atoms with Crippen molar-refractivity contribution in [1.82, 2.24) is 5.32 Å². The summed E-state index contributed by atoms with van der Waals surface area (Å²) in [6.45, 7) is 0.364. The summed E-state index contributed by atoms with van der Waals surface area (Å²) >= 11 is 11.8. The maximum absolute atomic E-state index is 12.0. The highest BCUT2D eigenvalue weighted by Gasteiger charge is 2.11. The Morgan fingerprint density at radius 1 is 1.36 bits per heavy atom. The molecule has 0 radical (unpaired) electrons. The summed E-state index contributed by atoms with van der Waals surface area (Å²) < 4.78 is 5.13. The number of carbonyl (C=O) groups excluding carboxylic acids is 1. The van der Waals surface area contributed by atoms with E-state index < -0.39 is 5.91 Å². The quantitative estimate of drug-likeness (QED) is 0.644. The Hall–Kier alpha value is -2.42. The van der Waals surface area contributed by atoms with E-state index in [0.717, 1.165) is 0 Å². The number of nitrogens with one attached hydrogen (secondary N) is 2. The molecule has 7 heteroatoms. The van der Waals surface area contributed by atoms with Crippen LogP contribution in [0.3, 0.4) is 0 Å². The second-order valence-electron chi connectivity index (χ2n) is 4.21. The number of hydrogen-bond acceptors (Lipinski definition) is 4. The van der Waals surface area contributed by atoms with Crippen molar-refractivity contribution in [3.63, 3.8) is 0 Å². The van der Waals surface area contributed by atoms with Crippen molar-refractivity contribution in [2.24, 2.45) is 0 Å². The van der Waals surface area contributed by atoms with E-state index in [1.54, 1.807) is 30.5 Å². The summed E-state index contributed by atoms with van der Waals surface area (Å²) in [6, 6.07) is 10.0. The number of nitrogens with zero attached hydrogens (tertiary/aromatic N) is 1. The van der Waals surface area contributed by atoms with Gasteiger partial charge in [-0.25, -0.2) is 0 Å². The molecule has 1 amide bonds. The lowest BCUT2D eigenvalue weighted by Crippen LogP contribution is -2.16. The molecular formula is C15H11Cl2N3O2. The topological polar surface area (TPSA) is 78.1 Å². The Balaban J connectivity index is 2.02. The van der Waals surface area contributed by atoms with Crippen LogP contribution in [0.1, 0.15) is 5.76 Å². The van der Waals surface area contributed by atoms with Gasteiger partial charge in [-0.2, -0.15) is 5.26 Å². The van der Waals surface area contributed by atoms with Gasteiger partial charge in [-0.1, -0.05) is 23.2 Å². The Labute approximate surface area is 137 Å². The van der Waals surface area contributed by atoms with Gasteiger partial charge >= 0.3 is 0 Å². The van der Waals surface area contributed by atoms with Crippen LogP contribution in [0.5, 0.6) is 0 Å². The minimum atomic E-state index is -0.585. The minimum absolute atomic E-state index is 0.0948. The van der Waals surface area contributed by atoms with Gasteiger partial charge in [0.2, 0.25) is 0 Å². The zero-order valence-electron chi connectivity index (χ0n) is 11.3. The van der Waals surface area contributed by atoms with Crippen LogP contribution in [0.2, 0.25) is 10.0 Å². The molecule has 0 atom stereocenters. The largest absolute Gasteiger partial charge is 0.467 e. The SMILES string of the molecule is N#C/C(=C/NCc1ccco1)C(=O)Nc1cc(Cl)ccc1Cl. The van der Waals surface area contributed by atoms with Gasteiger partial charge < -0.3 is 15.1 Å². The summed E-state index contributed by atoms with van der Waals surface area (Å²) in [4.78, 5) is 12.0. The Kier molecular flexibility index (Phi) is 5.48. The van der Waals surface area contributed by atoms with Crippen LogP contribution < -0.4 is 10.6 Å². The fourth-order valence-corrected chi connectivity index (χ4v) is 1.94. The molecule has 0 aliphatic heterocycles. The zero-order chi connectivity index (χ0) is 15.9. The molecule has 2 aromatic rings. The third kappa shape index (κ3) is 4.29. The van der Waals surface area contributed by atoms with Crippen LogP contribution in [0.4, 0.5) is 5.69 Å². The molecule has 1 aromatic carbocycles. The maximum atomic E-state index is 12.0. The van der Waals surface area contributed by atoms with Gasteiger partial charge in [0.05, 0.1) is 23.5 Å². The number of benzene rings is 1. The van der Waals surface area contributed by atoms with Crippen molar-refractivity contribution in [2.45, 2.75) is 6.54 Å². The number of rotatable bonds is 5. The molecule has 0 aliphatic rings. The van der Waals surface area contributed by atoms with Gasteiger partial charge in [-0.3, -0.25) is 4.79 Å². The number of amides is 1. The van der Waals surface area contributed by atoms with E-state index in [1.807, 2.05) is 6.07 Å². The first-order valence-electron chi connectivity index (χ1n) is 6.22. The summed E-state index contributed by atoms with van der Waals surface area (Å²) in [5.41, 5.74) is 0.244. The summed E-state index contributed by atoms with van der Waals surface area (Å²) in [6.07, 6.45) is 2.86. The Bertz CT molecular complexity index is 734. The van der Waals surface area contributed by atoms with Crippen LogP contribution in [0, 0.1) is 11.3 Å². The number of halogens is 2. The molecule has 22 heavy (non-hydrogen) atoms. The average molecular weight is 336 g/mol. The first-order valence-corrected chi connectivity index (χ1v) is 6.98. The smallest absolute Gasteiger partial charge is 0.267 e. The average Bonchev–Trinajstić information content (AvgIpc) is 3.00. The normalized spacial score (nSPS) is 10.9. The molecule has 112 valence electrons. The number of anilines is 1. The Morgan fingerprint density at radius 3 is 2.86 bits per heavy atom. The van der Waals surface area contributed by atoms with E-state index in [9.17, 15) is 4.79 Å². The standard InChI is InChI=1S/C15H11Cl2N3O2/c16-11-3-4-13(17)14(6-11)20-15(21)10(7-18)8-19-9-12-2-1-5-22-12/h1-6,8,19H,9H2,(H,20,21)/b10-8-. The van der Waals surface area contributed by atoms with E-state index in [4.69, 9.17) is 32.9 Å². The molecule has 0 bridgehead atoms. The predicted octanol–water partition coefficient (Wildman–Crippen LogP) is 3.72. The molecule has 2 rings (SSSR count). The number of hydrogen-bond donors (Lipinski definition) is 2. The molecule has 0 spiro atoms. The van der Waals surface area contributed by atoms with Gasteiger partial charge in [0.25, 0.3) is 5.91 Å². The third-order valence-corrected chi connectivity index (χ3v) is 3.21. The highest BCUT2D eigenvalue weighted by Crippen LogP contribution is 2.25. The van der Waals surface area contributed by atoms with Crippen molar-refractivity contribution in [3.05, 3.63) is 64.2 Å². The highest BCUT2D eigenvalue weighted by molar-refractivity contribution is 6.35. The third-order valence-electron chi connectivity index (χ3n) is 2.64. The van der Waals surface area contributed by atoms with Gasteiger partial charge in [0.15, 0.2) is 0 Å². The second kappa shape index (κ2) is 7.55. The van der Waals surface area contributed by atoms with E-state index in [1.165, 1.54) is 12.3 Å². The summed E-state index contributed by atoms with van der Waals surface area (Å²) in [5, 5.41) is 15.2. The minimum Gasteiger partial charge on any atom is -0.467 e. The van der Waals surface area contributed by atoms with Crippen molar-refractivity contribution in [3.8, 4) is 6.07 Å². The zero-order valence-corrected chi connectivity index (χ0v) is 12.8. The van der Waals surface area contributed by atoms with E-state index in [0.29, 0.717) is 28.0 Å². The lowest BCUT2D eigenvalue weighted by atomic mass is 10.2. The molecule has 0 saturated carbocycles. The molecule has 0 saturated heterocycles. The van der Waals surface area contributed by atoms with E-state index in [2.05, 4.69) is 10.6 Å². The first-order chi connectivity index (χ1) is 10.6. The first kappa shape index (κ1) is 16.0. The van der Waals surface area contributed by atoms with Crippen LogP contribution in [-0.2, 0) is 11.3 Å². The van der Waals surface area contributed by atoms with Crippen LogP contribution in [0.25, 0.3) is 0 Å². The monoisotopic (exact) mass is 335 g/mol. The van der Waals surface area contributed by atoms with Crippen molar-refractivity contribution in [1.29, 1.82) is 5.26 Å². The molecule has 2 N–H and O–H groups in total.